The van der Waals surface area contributed by atoms with Gasteiger partial charge in [0.1, 0.15) is 5.75 Å². The molecule has 0 unspecified atom stereocenters. The van der Waals surface area contributed by atoms with Crippen LogP contribution >= 0.6 is 12.4 Å². The minimum atomic E-state index is -3.41. The third-order valence-corrected chi connectivity index (χ3v) is 6.83. The number of rotatable bonds is 10. The van der Waals surface area contributed by atoms with E-state index in [9.17, 15) is 8.42 Å². The number of methoxy groups -OCH3 is 1. The predicted molar refractivity (Wildman–Crippen MR) is 142 cm³/mol. The Bertz CT molecular complexity index is 1330. The number of pyridine rings is 2. The van der Waals surface area contributed by atoms with Crippen LogP contribution in [0.5, 0.6) is 5.75 Å². The Balaban J connectivity index is 0.00000324. The van der Waals surface area contributed by atoms with Gasteiger partial charge in [0.05, 0.1) is 35.4 Å². The topological polar surface area (TPSA) is 93.2 Å². The highest BCUT2D eigenvalue weighted by molar-refractivity contribution is 7.92. The number of aromatic nitrogens is 2. The summed E-state index contributed by atoms with van der Waals surface area (Å²) in [6.45, 7) is 2.10. The van der Waals surface area contributed by atoms with E-state index in [0.717, 1.165) is 41.2 Å². The van der Waals surface area contributed by atoms with Gasteiger partial charge in [-0.05, 0) is 36.8 Å². The normalized spacial score (nSPS) is 11.2. The highest BCUT2D eigenvalue weighted by Gasteiger charge is 2.15. The molecule has 2 heterocycles. The lowest BCUT2D eigenvalue weighted by Gasteiger charge is -2.16. The Morgan fingerprint density at radius 3 is 2.56 bits per heavy atom. The predicted octanol–water partition coefficient (Wildman–Crippen LogP) is 6.28. The second kappa shape index (κ2) is 11.4. The van der Waals surface area contributed by atoms with Crippen LogP contribution in [0.3, 0.4) is 0 Å². The lowest BCUT2D eigenvalue weighted by atomic mass is 10.1. The van der Waals surface area contributed by atoms with Crippen molar-refractivity contribution in [1.29, 1.82) is 0 Å². The van der Waals surface area contributed by atoms with Gasteiger partial charge in [-0.3, -0.25) is 4.72 Å². The van der Waals surface area contributed by atoms with Gasteiger partial charge in [0, 0.05) is 23.0 Å². The molecule has 0 saturated heterocycles. The third-order valence-electron chi connectivity index (χ3n) is 5.46. The number of nitrogens with one attached hydrogen (secondary N) is 2. The molecule has 0 fully saturated rings. The maximum Gasteiger partial charge on any atom is 0.232 e. The minimum Gasteiger partial charge on any atom is -0.494 e. The molecule has 9 heteroatoms. The highest BCUT2D eigenvalue weighted by Crippen LogP contribution is 2.36. The molecule has 0 aliphatic heterocycles. The summed E-state index contributed by atoms with van der Waals surface area (Å²) in [4.78, 5) is 9.06. The molecule has 7 nitrogen and oxygen atoms in total. The molecular weight excluding hydrogens is 472 g/mol. The van der Waals surface area contributed by atoms with Gasteiger partial charge in [-0.2, -0.15) is 0 Å². The fraction of sp³-hybridized carbons (Fsp3) is 0.280. The number of hydrogen-bond acceptors (Lipinski definition) is 6. The van der Waals surface area contributed by atoms with E-state index >= 15 is 0 Å². The maximum atomic E-state index is 12.5. The molecule has 4 rings (SSSR count). The molecule has 0 amide bonds. The van der Waals surface area contributed by atoms with Gasteiger partial charge < -0.3 is 10.1 Å². The molecule has 180 valence electrons. The summed E-state index contributed by atoms with van der Waals surface area (Å²) in [5.41, 5.74) is 3.53. The number of anilines is 3. The van der Waals surface area contributed by atoms with Crippen molar-refractivity contribution >= 4 is 61.4 Å². The number of hydrogen-bond donors (Lipinski definition) is 2. The molecule has 0 aliphatic rings. The smallest absolute Gasteiger partial charge is 0.232 e. The fourth-order valence-corrected chi connectivity index (χ4v) is 4.97. The molecule has 0 aliphatic carbocycles. The van der Waals surface area contributed by atoms with E-state index in [0.29, 0.717) is 29.2 Å². The van der Waals surface area contributed by atoms with Crippen LogP contribution < -0.4 is 14.8 Å². The second-order valence-corrected chi connectivity index (χ2v) is 9.74. The zero-order chi connectivity index (χ0) is 23.3. The summed E-state index contributed by atoms with van der Waals surface area (Å²) >= 11 is 0. The third kappa shape index (κ3) is 5.87. The van der Waals surface area contributed by atoms with Crippen LogP contribution in [-0.4, -0.2) is 31.2 Å². The number of ether oxygens (including phenoxy) is 1. The van der Waals surface area contributed by atoms with Crippen molar-refractivity contribution in [3.05, 3.63) is 60.8 Å². The average molecular weight is 501 g/mol. The SMILES string of the molecule is CCCCCCS(=O)(=O)Nc1ccc(Nc2c3ccccc3nc3ncccc23)c(OC)c1.Cl. The van der Waals surface area contributed by atoms with E-state index in [4.69, 9.17) is 4.74 Å². The van der Waals surface area contributed by atoms with Crippen LogP contribution in [0.25, 0.3) is 21.9 Å². The number of benzene rings is 2. The molecule has 0 spiro atoms. The Kier molecular flexibility index (Phi) is 8.52. The minimum absolute atomic E-state index is 0. The summed E-state index contributed by atoms with van der Waals surface area (Å²) in [5.74, 6) is 0.635. The van der Waals surface area contributed by atoms with Crippen LogP contribution in [0.4, 0.5) is 17.1 Å². The monoisotopic (exact) mass is 500 g/mol. The largest absolute Gasteiger partial charge is 0.494 e. The summed E-state index contributed by atoms with van der Waals surface area (Å²) in [6, 6.07) is 16.9. The number of fused-ring (bicyclic) bond motifs is 2. The van der Waals surface area contributed by atoms with Crippen molar-refractivity contribution in [2.24, 2.45) is 0 Å². The Labute approximate surface area is 206 Å². The van der Waals surface area contributed by atoms with Crippen LogP contribution in [0.2, 0.25) is 0 Å². The quantitative estimate of drug-likeness (QED) is 0.196. The Morgan fingerprint density at radius 1 is 0.971 bits per heavy atom. The number of unbranched alkanes of at least 4 members (excludes halogenated alkanes) is 3. The molecule has 0 atom stereocenters. The maximum absolute atomic E-state index is 12.5. The fourth-order valence-electron chi connectivity index (χ4n) is 3.80. The molecule has 2 N–H and O–H groups in total. The van der Waals surface area contributed by atoms with Crippen molar-refractivity contribution in [2.75, 3.05) is 22.9 Å². The van der Waals surface area contributed by atoms with E-state index < -0.39 is 10.0 Å². The lowest BCUT2D eigenvalue weighted by molar-refractivity contribution is 0.417. The number of halogens is 1. The molecule has 0 radical (unpaired) electrons. The molecule has 4 aromatic rings. The first-order valence-corrected chi connectivity index (χ1v) is 12.7. The van der Waals surface area contributed by atoms with E-state index in [1.165, 1.54) is 0 Å². The van der Waals surface area contributed by atoms with E-state index in [1.54, 1.807) is 25.4 Å². The molecule has 0 saturated carbocycles. The van der Waals surface area contributed by atoms with E-state index in [-0.39, 0.29) is 18.2 Å². The van der Waals surface area contributed by atoms with Crippen molar-refractivity contribution in [2.45, 2.75) is 32.6 Å². The van der Waals surface area contributed by atoms with Gasteiger partial charge in [-0.1, -0.05) is 44.4 Å². The lowest BCUT2D eigenvalue weighted by Crippen LogP contribution is -2.16. The van der Waals surface area contributed by atoms with E-state index in [1.807, 2.05) is 42.5 Å². The van der Waals surface area contributed by atoms with Crippen molar-refractivity contribution in [3.8, 4) is 5.75 Å². The highest BCUT2D eigenvalue weighted by atomic mass is 35.5. The van der Waals surface area contributed by atoms with Crippen LogP contribution in [-0.2, 0) is 10.0 Å². The first kappa shape index (κ1) is 25.5. The Morgan fingerprint density at radius 2 is 1.76 bits per heavy atom. The number of para-hydroxylation sites is 1. The Hall–Kier alpha value is -3.10. The van der Waals surface area contributed by atoms with Gasteiger partial charge >= 0.3 is 0 Å². The first-order chi connectivity index (χ1) is 16.0. The summed E-state index contributed by atoms with van der Waals surface area (Å²) in [6.07, 6.45) is 5.38. The zero-order valence-corrected chi connectivity index (χ0v) is 20.9. The molecule has 2 aromatic heterocycles. The second-order valence-electron chi connectivity index (χ2n) is 7.90. The van der Waals surface area contributed by atoms with Crippen LogP contribution in [0.1, 0.15) is 32.6 Å². The van der Waals surface area contributed by atoms with Gasteiger partial charge in [0.25, 0.3) is 0 Å². The number of sulfonamides is 1. The van der Waals surface area contributed by atoms with Gasteiger partial charge in [-0.25, -0.2) is 18.4 Å². The van der Waals surface area contributed by atoms with Gasteiger partial charge in [-0.15, -0.1) is 12.4 Å². The van der Waals surface area contributed by atoms with Crippen molar-refractivity contribution in [1.82, 2.24) is 9.97 Å². The average Bonchev–Trinajstić information content (AvgIpc) is 2.82. The molecule has 0 bridgehead atoms. The molecule has 34 heavy (non-hydrogen) atoms. The first-order valence-electron chi connectivity index (χ1n) is 11.1. The standard InChI is InChI=1S/C25H28N4O3S.ClH/c1-3-4-5-8-16-33(30,31)29-18-13-14-22(23(17-18)32-2)27-24-19-10-6-7-12-21(19)28-25-20(24)11-9-15-26-25;/h6-7,9-15,17,29H,3-5,8,16H2,1-2H3,(H,26,27,28);1H. The molecular formula is C25H29ClN4O3S. The summed E-state index contributed by atoms with van der Waals surface area (Å²) < 4.78 is 33.1. The van der Waals surface area contributed by atoms with Crippen LogP contribution in [0, 0.1) is 0 Å². The van der Waals surface area contributed by atoms with Crippen molar-refractivity contribution < 1.29 is 13.2 Å². The van der Waals surface area contributed by atoms with Crippen molar-refractivity contribution in [3.63, 3.8) is 0 Å². The number of nitrogens with zero attached hydrogens (tertiary/aromatic N) is 2. The van der Waals surface area contributed by atoms with Gasteiger partial charge in [0.15, 0.2) is 5.65 Å². The van der Waals surface area contributed by atoms with Crippen LogP contribution in [0.15, 0.2) is 60.8 Å². The zero-order valence-electron chi connectivity index (χ0n) is 19.2. The summed E-state index contributed by atoms with van der Waals surface area (Å²) in [5, 5.41) is 5.31. The summed E-state index contributed by atoms with van der Waals surface area (Å²) in [7, 11) is -1.85. The van der Waals surface area contributed by atoms with Gasteiger partial charge in [0.2, 0.25) is 10.0 Å². The molecule has 2 aromatic carbocycles. The van der Waals surface area contributed by atoms with E-state index in [2.05, 4.69) is 26.9 Å².